The van der Waals surface area contributed by atoms with Gasteiger partial charge in [0.15, 0.2) is 5.65 Å². The van der Waals surface area contributed by atoms with E-state index < -0.39 is 0 Å². The second kappa shape index (κ2) is 9.11. The zero-order chi connectivity index (χ0) is 19.5. The van der Waals surface area contributed by atoms with E-state index in [1.54, 1.807) is 7.11 Å². The van der Waals surface area contributed by atoms with Crippen molar-refractivity contribution in [1.82, 2.24) is 19.5 Å². The van der Waals surface area contributed by atoms with Gasteiger partial charge in [-0.15, -0.1) is 12.4 Å². The third-order valence-corrected chi connectivity index (χ3v) is 4.82. The van der Waals surface area contributed by atoms with Crippen molar-refractivity contribution >= 4 is 34.8 Å². The lowest BCUT2D eigenvalue weighted by molar-refractivity contribution is 0.405. The van der Waals surface area contributed by atoms with Crippen molar-refractivity contribution in [3.63, 3.8) is 0 Å². The molecule has 1 N–H and O–H groups in total. The number of hydrogen-bond donors (Lipinski definition) is 1. The topological polar surface area (TPSA) is 54.7 Å². The van der Waals surface area contributed by atoms with Crippen molar-refractivity contribution in [2.75, 3.05) is 39.6 Å². The predicted molar refractivity (Wildman–Crippen MR) is 121 cm³/mol. The van der Waals surface area contributed by atoms with Gasteiger partial charge >= 0.3 is 0 Å². The number of methoxy groups -OCH3 is 1. The molecular formula is C22H26ClN5O. The van der Waals surface area contributed by atoms with E-state index in [2.05, 4.69) is 41.5 Å². The molecule has 2 aromatic carbocycles. The van der Waals surface area contributed by atoms with Crippen LogP contribution < -0.4 is 10.1 Å². The van der Waals surface area contributed by atoms with Crippen LogP contribution in [0.2, 0.25) is 0 Å². The molecule has 0 radical (unpaired) electrons. The van der Waals surface area contributed by atoms with Gasteiger partial charge in [0.1, 0.15) is 11.6 Å². The molecule has 7 heteroatoms. The molecule has 152 valence electrons. The van der Waals surface area contributed by atoms with Gasteiger partial charge in [0.05, 0.1) is 18.8 Å². The van der Waals surface area contributed by atoms with E-state index in [1.165, 1.54) is 0 Å². The number of para-hydroxylation sites is 1. The van der Waals surface area contributed by atoms with Crippen LogP contribution in [0.3, 0.4) is 0 Å². The Labute approximate surface area is 176 Å². The molecule has 0 aliphatic heterocycles. The number of rotatable bonds is 7. The predicted octanol–water partition coefficient (Wildman–Crippen LogP) is 4.34. The van der Waals surface area contributed by atoms with Gasteiger partial charge in [-0.3, -0.25) is 0 Å². The molecule has 4 aromatic rings. The lowest BCUT2D eigenvalue weighted by atomic mass is 10.1. The van der Waals surface area contributed by atoms with Gasteiger partial charge in [-0.1, -0.05) is 24.3 Å². The van der Waals surface area contributed by atoms with E-state index in [9.17, 15) is 0 Å². The summed E-state index contributed by atoms with van der Waals surface area (Å²) in [5.41, 5.74) is 3.96. The molecule has 0 atom stereocenters. The van der Waals surface area contributed by atoms with Crippen LogP contribution in [-0.4, -0.2) is 53.8 Å². The second-order valence-corrected chi connectivity index (χ2v) is 7.08. The molecule has 0 saturated carbocycles. The largest absolute Gasteiger partial charge is 0.497 e. The van der Waals surface area contributed by atoms with Crippen LogP contribution >= 0.6 is 12.4 Å². The minimum Gasteiger partial charge on any atom is -0.497 e. The zero-order valence-corrected chi connectivity index (χ0v) is 17.7. The van der Waals surface area contributed by atoms with Crippen molar-refractivity contribution in [2.45, 2.75) is 6.42 Å². The van der Waals surface area contributed by atoms with Crippen LogP contribution in [0, 0.1) is 0 Å². The fraction of sp³-hybridized carbons (Fsp3) is 0.273. The Bertz CT molecular complexity index is 1090. The maximum Gasteiger partial charge on any atom is 0.165 e. The fourth-order valence-electron chi connectivity index (χ4n) is 3.36. The Balaban J connectivity index is 0.00000240. The van der Waals surface area contributed by atoms with Gasteiger partial charge in [0.25, 0.3) is 0 Å². The molecule has 0 fully saturated rings. The van der Waals surface area contributed by atoms with Crippen LogP contribution in [0.1, 0.15) is 6.42 Å². The summed E-state index contributed by atoms with van der Waals surface area (Å²) in [7, 11) is 5.85. The summed E-state index contributed by atoms with van der Waals surface area (Å²) in [6.07, 6.45) is 2.94. The molecule has 29 heavy (non-hydrogen) atoms. The van der Waals surface area contributed by atoms with Gasteiger partial charge in [0, 0.05) is 17.5 Å². The summed E-state index contributed by atoms with van der Waals surface area (Å²) in [5.74, 6) is 1.74. The minimum absolute atomic E-state index is 0. The number of hydrogen-bond acceptors (Lipinski definition) is 5. The average molecular weight is 412 g/mol. The second-order valence-electron chi connectivity index (χ2n) is 7.08. The van der Waals surface area contributed by atoms with E-state index in [-0.39, 0.29) is 12.4 Å². The van der Waals surface area contributed by atoms with Crippen molar-refractivity contribution in [2.24, 2.45) is 0 Å². The summed E-state index contributed by atoms with van der Waals surface area (Å²) in [6.45, 7) is 1.91. The van der Waals surface area contributed by atoms with Crippen LogP contribution in [0.5, 0.6) is 5.75 Å². The van der Waals surface area contributed by atoms with E-state index >= 15 is 0 Å². The quantitative estimate of drug-likeness (QED) is 0.458. The Kier molecular flexibility index (Phi) is 6.56. The highest BCUT2D eigenvalue weighted by Crippen LogP contribution is 2.30. The highest BCUT2D eigenvalue weighted by Gasteiger charge is 2.14. The molecule has 2 heterocycles. The summed E-state index contributed by atoms with van der Waals surface area (Å²) in [5, 5.41) is 9.21. The first-order valence-corrected chi connectivity index (χ1v) is 9.47. The van der Waals surface area contributed by atoms with Gasteiger partial charge in [-0.25, -0.2) is 9.50 Å². The van der Waals surface area contributed by atoms with Crippen LogP contribution in [0.4, 0.5) is 5.82 Å². The third kappa shape index (κ3) is 4.28. The van der Waals surface area contributed by atoms with Gasteiger partial charge in [-0.05, 0) is 56.9 Å². The first kappa shape index (κ1) is 20.9. The van der Waals surface area contributed by atoms with Gasteiger partial charge in [-0.2, -0.15) is 5.10 Å². The van der Waals surface area contributed by atoms with Crippen molar-refractivity contribution in [3.8, 4) is 16.9 Å². The average Bonchev–Trinajstić information content (AvgIpc) is 3.15. The highest BCUT2D eigenvalue weighted by atomic mass is 35.5. The summed E-state index contributed by atoms with van der Waals surface area (Å²) in [6, 6.07) is 16.2. The first-order valence-electron chi connectivity index (χ1n) is 9.47. The first-order chi connectivity index (χ1) is 13.7. The van der Waals surface area contributed by atoms with E-state index in [0.717, 1.165) is 58.8 Å². The monoisotopic (exact) mass is 411 g/mol. The van der Waals surface area contributed by atoms with Crippen molar-refractivity contribution < 1.29 is 4.74 Å². The normalized spacial score (nSPS) is 11.0. The number of fused-ring (bicyclic) bond motifs is 3. The fourth-order valence-corrected chi connectivity index (χ4v) is 3.36. The Morgan fingerprint density at radius 3 is 2.55 bits per heavy atom. The Morgan fingerprint density at radius 2 is 1.83 bits per heavy atom. The standard InChI is InChI=1S/C22H25N5O.ClH/c1-26(2)14-6-13-23-21-18-7-4-5-8-20(18)27-22(25-21)19(15-24-27)16-9-11-17(28-3)12-10-16;/h4-5,7-12,15H,6,13-14H2,1-3H3,(H,23,25);1H. The van der Waals surface area contributed by atoms with Crippen LogP contribution in [-0.2, 0) is 0 Å². The number of nitrogens with zero attached hydrogens (tertiary/aromatic N) is 4. The Morgan fingerprint density at radius 1 is 1.07 bits per heavy atom. The molecule has 2 aromatic heterocycles. The molecule has 0 saturated heterocycles. The summed E-state index contributed by atoms with van der Waals surface area (Å²) < 4.78 is 7.19. The molecule has 6 nitrogen and oxygen atoms in total. The summed E-state index contributed by atoms with van der Waals surface area (Å²) in [4.78, 5) is 7.13. The third-order valence-electron chi connectivity index (χ3n) is 4.82. The van der Waals surface area contributed by atoms with E-state index in [0.29, 0.717) is 0 Å². The number of aromatic nitrogens is 3. The zero-order valence-electron chi connectivity index (χ0n) is 16.9. The minimum atomic E-state index is 0. The van der Waals surface area contributed by atoms with Gasteiger partial charge in [0.2, 0.25) is 0 Å². The maximum atomic E-state index is 5.27. The molecule has 4 rings (SSSR count). The molecule has 0 unspecified atom stereocenters. The number of benzene rings is 2. The number of halogens is 1. The molecule has 0 spiro atoms. The SMILES string of the molecule is COc1ccc(-c2cnn3c2nc(NCCCN(C)C)c2ccccc23)cc1.Cl. The van der Waals surface area contributed by atoms with Crippen molar-refractivity contribution in [1.29, 1.82) is 0 Å². The van der Waals surface area contributed by atoms with Crippen LogP contribution in [0.15, 0.2) is 54.7 Å². The van der Waals surface area contributed by atoms with Gasteiger partial charge < -0.3 is 15.0 Å². The molecule has 0 bridgehead atoms. The lowest BCUT2D eigenvalue weighted by Crippen LogP contribution is -2.17. The Hall–Kier alpha value is -2.83. The van der Waals surface area contributed by atoms with E-state index in [1.807, 2.05) is 47.1 Å². The highest BCUT2D eigenvalue weighted by molar-refractivity contribution is 5.93. The molecular weight excluding hydrogens is 386 g/mol. The van der Waals surface area contributed by atoms with Crippen LogP contribution in [0.25, 0.3) is 27.7 Å². The number of anilines is 1. The number of ether oxygens (including phenoxy) is 1. The number of nitrogens with one attached hydrogen (secondary N) is 1. The van der Waals surface area contributed by atoms with Crippen molar-refractivity contribution in [3.05, 3.63) is 54.7 Å². The smallest absolute Gasteiger partial charge is 0.165 e. The molecule has 0 aliphatic carbocycles. The molecule has 0 aliphatic rings. The molecule has 0 amide bonds. The lowest BCUT2D eigenvalue weighted by Gasteiger charge is -2.13. The van der Waals surface area contributed by atoms with E-state index in [4.69, 9.17) is 9.72 Å². The maximum absolute atomic E-state index is 5.27. The summed E-state index contributed by atoms with van der Waals surface area (Å²) >= 11 is 0.